The van der Waals surface area contributed by atoms with E-state index in [0.717, 1.165) is 24.8 Å². The molecule has 2 heterocycles. The van der Waals surface area contributed by atoms with Gasteiger partial charge in [-0.05, 0) is 31.6 Å². The zero-order chi connectivity index (χ0) is 13.2. The summed E-state index contributed by atoms with van der Waals surface area (Å²) in [5.74, 6) is 0.974. The standard InChI is InChI=1S/C13H20N4OS/c14-11-10(12(18)15-8-9-4-3-5-9)19-13(16-11)17-6-1-2-7-17/h9H,1-8,14H2,(H,15,18). The summed E-state index contributed by atoms with van der Waals surface area (Å²) in [6, 6.07) is 0. The largest absolute Gasteiger partial charge is 0.382 e. The quantitative estimate of drug-likeness (QED) is 0.883. The Bertz CT molecular complexity index is 463. The first-order valence-corrected chi connectivity index (χ1v) is 7.85. The topological polar surface area (TPSA) is 71.2 Å². The van der Waals surface area contributed by atoms with E-state index in [2.05, 4.69) is 15.2 Å². The van der Waals surface area contributed by atoms with Gasteiger partial charge in [0.25, 0.3) is 5.91 Å². The fourth-order valence-corrected chi connectivity index (χ4v) is 3.49. The van der Waals surface area contributed by atoms with Crippen molar-refractivity contribution in [3.05, 3.63) is 4.88 Å². The molecule has 19 heavy (non-hydrogen) atoms. The van der Waals surface area contributed by atoms with Crippen molar-refractivity contribution in [2.24, 2.45) is 5.92 Å². The number of nitrogens with zero attached hydrogens (tertiary/aromatic N) is 2. The van der Waals surface area contributed by atoms with Crippen molar-refractivity contribution < 1.29 is 4.79 Å². The molecule has 0 bridgehead atoms. The van der Waals surface area contributed by atoms with Crippen LogP contribution in [0.5, 0.6) is 0 Å². The van der Waals surface area contributed by atoms with E-state index in [1.807, 2.05) is 0 Å². The highest BCUT2D eigenvalue weighted by molar-refractivity contribution is 7.18. The third-order valence-electron chi connectivity index (χ3n) is 4.00. The van der Waals surface area contributed by atoms with Crippen LogP contribution in [0.3, 0.4) is 0 Å². The lowest BCUT2D eigenvalue weighted by Crippen LogP contribution is -2.32. The second kappa shape index (κ2) is 5.36. The second-order valence-electron chi connectivity index (χ2n) is 5.41. The van der Waals surface area contributed by atoms with Gasteiger partial charge in [0.05, 0.1) is 0 Å². The van der Waals surface area contributed by atoms with Gasteiger partial charge in [0, 0.05) is 19.6 Å². The molecule has 6 heteroatoms. The number of rotatable bonds is 4. The Hall–Kier alpha value is -1.30. The molecular weight excluding hydrogens is 260 g/mol. The molecule has 3 rings (SSSR count). The van der Waals surface area contributed by atoms with E-state index in [1.165, 1.54) is 43.4 Å². The van der Waals surface area contributed by atoms with Crippen molar-refractivity contribution in [1.29, 1.82) is 0 Å². The number of hydrogen-bond acceptors (Lipinski definition) is 5. The molecule has 1 saturated carbocycles. The predicted octanol–water partition coefficient (Wildman–Crippen LogP) is 1.86. The van der Waals surface area contributed by atoms with Crippen molar-refractivity contribution in [3.8, 4) is 0 Å². The number of anilines is 2. The maximum Gasteiger partial charge on any atom is 0.265 e. The number of amides is 1. The minimum absolute atomic E-state index is 0.0626. The van der Waals surface area contributed by atoms with Crippen molar-refractivity contribution in [3.63, 3.8) is 0 Å². The molecule has 1 aliphatic heterocycles. The third kappa shape index (κ3) is 2.68. The van der Waals surface area contributed by atoms with Crippen molar-refractivity contribution in [2.45, 2.75) is 32.1 Å². The molecule has 1 saturated heterocycles. The van der Waals surface area contributed by atoms with Gasteiger partial charge in [-0.1, -0.05) is 17.8 Å². The Kier molecular flexibility index (Phi) is 3.59. The van der Waals surface area contributed by atoms with Gasteiger partial charge in [0.15, 0.2) is 5.13 Å². The summed E-state index contributed by atoms with van der Waals surface area (Å²) in [7, 11) is 0. The summed E-state index contributed by atoms with van der Waals surface area (Å²) in [5, 5.41) is 3.87. The molecule has 104 valence electrons. The van der Waals surface area contributed by atoms with Crippen LogP contribution in [0.4, 0.5) is 10.9 Å². The zero-order valence-electron chi connectivity index (χ0n) is 11.0. The highest BCUT2D eigenvalue weighted by atomic mass is 32.1. The summed E-state index contributed by atoms with van der Waals surface area (Å²) < 4.78 is 0. The first-order valence-electron chi connectivity index (χ1n) is 7.03. The average Bonchev–Trinajstić information content (AvgIpc) is 2.95. The molecule has 1 aliphatic carbocycles. The lowest BCUT2D eigenvalue weighted by molar-refractivity contribution is 0.0944. The van der Waals surface area contributed by atoms with Gasteiger partial charge in [-0.3, -0.25) is 4.79 Å². The van der Waals surface area contributed by atoms with Crippen LogP contribution < -0.4 is 16.0 Å². The molecule has 0 unspecified atom stereocenters. The van der Waals surface area contributed by atoms with Crippen LogP contribution in [0.2, 0.25) is 0 Å². The molecule has 0 radical (unpaired) electrons. The number of hydrogen-bond donors (Lipinski definition) is 2. The van der Waals surface area contributed by atoms with Crippen LogP contribution in [0.15, 0.2) is 0 Å². The van der Waals surface area contributed by atoms with Crippen molar-refractivity contribution >= 4 is 28.2 Å². The lowest BCUT2D eigenvalue weighted by atomic mass is 9.85. The first kappa shape index (κ1) is 12.7. The highest BCUT2D eigenvalue weighted by Crippen LogP contribution is 2.30. The van der Waals surface area contributed by atoms with Crippen LogP contribution in [-0.2, 0) is 0 Å². The SMILES string of the molecule is Nc1nc(N2CCCC2)sc1C(=O)NCC1CCC1. The summed E-state index contributed by atoms with van der Waals surface area (Å²) in [4.78, 5) is 19.2. The molecule has 2 aliphatic rings. The number of aromatic nitrogens is 1. The normalized spacial score (nSPS) is 19.5. The Balaban J connectivity index is 1.63. The predicted molar refractivity (Wildman–Crippen MR) is 77.6 cm³/mol. The summed E-state index contributed by atoms with van der Waals surface area (Å²) >= 11 is 1.42. The van der Waals surface area contributed by atoms with Gasteiger partial charge >= 0.3 is 0 Å². The molecule has 1 aromatic heterocycles. The van der Waals surface area contributed by atoms with Gasteiger partial charge in [0.2, 0.25) is 0 Å². The average molecular weight is 280 g/mol. The summed E-state index contributed by atoms with van der Waals surface area (Å²) in [5.41, 5.74) is 5.87. The van der Waals surface area contributed by atoms with Gasteiger partial charge in [-0.25, -0.2) is 4.98 Å². The fourth-order valence-electron chi connectivity index (χ4n) is 2.54. The molecule has 3 N–H and O–H groups in total. The van der Waals surface area contributed by atoms with Gasteiger partial charge < -0.3 is 16.0 Å². The molecular formula is C13H20N4OS. The van der Waals surface area contributed by atoms with E-state index in [9.17, 15) is 4.79 Å². The zero-order valence-corrected chi connectivity index (χ0v) is 11.8. The minimum atomic E-state index is -0.0626. The second-order valence-corrected chi connectivity index (χ2v) is 6.39. The lowest BCUT2D eigenvalue weighted by Gasteiger charge is -2.25. The molecule has 0 aromatic carbocycles. The number of carbonyl (C=O) groups is 1. The maximum atomic E-state index is 12.1. The van der Waals surface area contributed by atoms with Crippen molar-refractivity contribution in [1.82, 2.24) is 10.3 Å². The minimum Gasteiger partial charge on any atom is -0.382 e. The number of carbonyl (C=O) groups excluding carboxylic acids is 1. The number of thiazole rings is 1. The van der Waals surface area contributed by atoms with E-state index in [1.54, 1.807) is 0 Å². The Morgan fingerprint density at radius 1 is 1.37 bits per heavy atom. The monoisotopic (exact) mass is 280 g/mol. The van der Waals surface area contributed by atoms with E-state index in [0.29, 0.717) is 16.6 Å². The van der Waals surface area contributed by atoms with Gasteiger partial charge in [0.1, 0.15) is 10.7 Å². The first-order chi connectivity index (χ1) is 9.24. The molecule has 1 amide bonds. The van der Waals surface area contributed by atoms with Crippen molar-refractivity contribution in [2.75, 3.05) is 30.3 Å². The van der Waals surface area contributed by atoms with Gasteiger partial charge in [-0.2, -0.15) is 0 Å². The van der Waals surface area contributed by atoms with E-state index < -0.39 is 0 Å². The Labute approximate surface area is 117 Å². The molecule has 1 aromatic rings. The van der Waals surface area contributed by atoms with E-state index in [-0.39, 0.29) is 5.91 Å². The number of nitrogens with two attached hydrogens (primary N) is 1. The molecule has 2 fully saturated rings. The van der Waals surface area contributed by atoms with Crippen LogP contribution in [-0.4, -0.2) is 30.5 Å². The van der Waals surface area contributed by atoms with Crippen LogP contribution >= 0.6 is 11.3 Å². The highest BCUT2D eigenvalue weighted by Gasteiger charge is 2.23. The van der Waals surface area contributed by atoms with Gasteiger partial charge in [-0.15, -0.1) is 0 Å². The fraction of sp³-hybridized carbons (Fsp3) is 0.692. The van der Waals surface area contributed by atoms with Crippen LogP contribution in [0.25, 0.3) is 0 Å². The van der Waals surface area contributed by atoms with E-state index >= 15 is 0 Å². The Morgan fingerprint density at radius 3 is 2.74 bits per heavy atom. The third-order valence-corrected chi connectivity index (χ3v) is 5.13. The smallest absolute Gasteiger partial charge is 0.265 e. The summed E-state index contributed by atoms with van der Waals surface area (Å²) in [6.07, 6.45) is 6.16. The van der Waals surface area contributed by atoms with E-state index in [4.69, 9.17) is 5.73 Å². The van der Waals surface area contributed by atoms with Crippen LogP contribution in [0.1, 0.15) is 41.8 Å². The molecule has 0 spiro atoms. The summed E-state index contributed by atoms with van der Waals surface area (Å²) in [6.45, 7) is 2.82. The maximum absolute atomic E-state index is 12.1. The Morgan fingerprint density at radius 2 is 2.11 bits per heavy atom. The number of nitrogens with one attached hydrogen (secondary N) is 1. The van der Waals surface area contributed by atoms with Crippen LogP contribution in [0, 0.1) is 5.92 Å². The molecule has 5 nitrogen and oxygen atoms in total. The number of nitrogen functional groups attached to an aromatic ring is 1. The molecule has 0 atom stereocenters.